The minimum Gasteiger partial charge on any atom is -0.345 e. The number of nitrogens with one attached hydrogen (secondary N) is 1. The van der Waals surface area contributed by atoms with Crippen molar-refractivity contribution in [1.29, 1.82) is 0 Å². The maximum absolute atomic E-state index is 12.3. The van der Waals surface area contributed by atoms with E-state index in [4.69, 9.17) is 11.6 Å². The first-order valence-corrected chi connectivity index (χ1v) is 10.2. The van der Waals surface area contributed by atoms with E-state index in [-0.39, 0.29) is 12.5 Å². The van der Waals surface area contributed by atoms with Crippen molar-refractivity contribution in [2.24, 2.45) is 0 Å². The maximum atomic E-state index is 12.3. The normalized spacial score (nSPS) is 10.7. The zero-order valence-electron chi connectivity index (χ0n) is 15.1. The van der Waals surface area contributed by atoms with Crippen LogP contribution in [-0.2, 0) is 6.54 Å². The van der Waals surface area contributed by atoms with Gasteiger partial charge < -0.3 is 5.32 Å². The third-order valence-corrected chi connectivity index (χ3v) is 5.19. The Morgan fingerprint density at radius 3 is 2.70 bits per heavy atom. The van der Waals surface area contributed by atoms with Crippen LogP contribution in [0.4, 0.5) is 0 Å². The van der Waals surface area contributed by atoms with Gasteiger partial charge in [0.1, 0.15) is 0 Å². The Morgan fingerprint density at radius 1 is 1.15 bits per heavy atom. The van der Waals surface area contributed by atoms with Crippen molar-refractivity contribution in [1.82, 2.24) is 20.1 Å². The lowest BCUT2D eigenvalue weighted by Crippen LogP contribution is -2.24. The van der Waals surface area contributed by atoms with Crippen LogP contribution in [0.15, 0.2) is 59.8 Å². The number of aromatic nitrogens is 3. The number of rotatable bonds is 8. The minimum absolute atomic E-state index is 0.142. The van der Waals surface area contributed by atoms with Crippen LogP contribution in [0.1, 0.15) is 35.9 Å². The highest BCUT2D eigenvalue weighted by Crippen LogP contribution is 2.24. The fourth-order valence-corrected chi connectivity index (χ4v) is 3.78. The molecule has 0 fully saturated rings. The summed E-state index contributed by atoms with van der Waals surface area (Å²) < 4.78 is 1.96. The Morgan fingerprint density at radius 2 is 1.96 bits per heavy atom. The number of hydrogen-bond donors (Lipinski definition) is 1. The van der Waals surface area contributed by atoms with Crippen molar-refractivity contribution in [3.8, 4) is 5.69 Å². The molecule has 0 bridgehead atoms. The predicted octanol–water partition coefficient (Wildman–Crippen LogP) is 4.74. The summed E-state index contributed by atoms with van der Waals surface area (Å²) in [7, 11) is 0. The molecule has 1 N–H and O–H groups in total. The van der Waals surface area contributed by atoms with Gasteiger partial charge in [0.25, 0.3) is 5.91 Å². The molecule has 0 spiro atoms. The molecule has 2 aromatic carbocycles. The summed E-state index contributed by atoms with van der Waals surface area (Å²) >= 11 is 7.83. The zero-order chi connectivity index (χ0) is 19.1. The first kappa shape index (κ1) is 19.5. The molecule has 3 rings (SSSR count). The Bertz CT molecular complexity index is 898. The quantitative estimate of drug-likeness (QED) is 0.438. The highest BCUT2D eigenvalue weighted by Gasteiger charge is 2.16. The third kappa shape index (κ3) is 5.11. The van der Waals surface area contributed by atoms with Gasteiger partial charge in [-0.05, 0) is 36.8 Å². The fraction of sp³-hybridized carbons (Fsp3) is 0.250. The van der Waals surface area contributed by atoms with E-state index in [2.05, 4.69) is 22.4 Å². The average molecular weight is 401 g/mol. The predicted molar refractivity (Wildman–Crippen MR) is 110 cm³/mol. The molecule has 0 radical (unpaired) electrons. The van der Waals surface area contributed by atoms with E-state index in [0.29, 0.717) is 16.4 Å². The van der Waals surface area contributed by atoms with Crippen molar-refractivity contribution in [3.05, 3.63) is 71.0 Å². The molecule has 1 aromatic heterocycles. The Kier molecular flexibility index (Phi) is 6.90. The first-order chi connectivity index (χ1) is 13.2. The van der Waals surface area contributed by atoms with Gasteiger partial charge in [-0.25, -0.2) is 0 Å². The van der Waals surface area contributed by atoms with Crippen LogP contribution in [0.3, 0.4) is 0 Å². The van der Waals surface area contributed by atoms with E-state index in [1.807, 2.05) is 47.0 Å². The summed E-state index contributed by atoms with van der Waals surface area (Å²) in [5, 5.41) is 13.0. The molecule has 0 aliphatic rings. The number of hydrogen-bond acceptors (Lipinski definition) is 4. The Hall–Kier alpha value is -2.31. The van der Waals surface area contributed by atoms with Crippen LogP contribution in [0.5, 0.6) is 0 Å². The van der Waals surface area contributed by atoms with Crippen LogP contribution in [0.25, 0.3) is 5.69 Å². The topological polar surface area (TPSA) is 59.8 Å². The molecule has 5 nitrogen and oxygen atoms in total. The van der Waals surface area contributed by atoms with Gasteiger partial charge in [-0.15, -0.1) is 10.2 Å². The van der Waals surface area contributed by atoms with Crippen LogP contribution in [0, 0.1) is 0 Å². The minimum atomic E-state index is -0.142. The van der Waals surface area contributed by atoms with E-state index in [9.17, 15) is 4.79 Å². The molecule has 7 heteroatoms. The van der Waals surface area contributed by atoms with Crippen molar-refractivity contribution in [3.63, 3.8) is 0 Å². The molecule has 0 unspecified atom stereocenters. The van der Waals surface area contributed by atoms with Crippen LogP contribution in [-0.4, -0.2) is 26.4 Å². The van der Waals surface area contributed by atoms with Gasteiger partial charge in [-0.2, -0.15) is 0 Å². The number of nitrogens with zero attached hydrogens (tertiary/aromatic N) is 3. The molecule has 0 saturated heterocycles. The lowest BCUT2D eigenvalue weighted by atomic mass is 10.2. The van der Waals surface area contributed by atoms with Crippen molar-refractivity contribution in [2.45, 2.75) is 31.5 Å². The standard InChI is InChI=1S/C20H21ClN4OS/c1-2-3-12-27-20-24-23-18(25(20)17-11-7-10-16(21)13-17)14-22-19(26)15-8-5-4-6-9-15/h4-11,13H,2-3,12,14H2,1H3,(H,22,26). The summed E-state index contributed by atoms with van der Waals surface area (Å²) in [5.74, 6) is 1.49. The van der Waals surface area contributed by atoms with Crippen molar-refractivity contribution < 1.29 is 4.79 Å². The summed E-state index contributed by atoms with van der Waals surface area (Å²) in [4.78, 5) is 12.3. The molecule has 1 heterocycles. The fourth-order valence-electron chi connectivity index (χ4n) is 2.54. The van der Waals surface area contributed by atoms with Crippen LogP contribution in [0.2, 0.25) is 5.02 Å². The lowest BCUT2D eigenvalue weighted by Gasteiger charge is -2.11. The number of unbranched alkanes of at least 4 members (excludes halogenated alkanes) is 1. The summed E-state index contributed by atoms with van der Waals surface area (Å²) in [5.41, 5.74) is 1.50. The van der Waals surface area contributed by atoms with E-state index < -0.39 is 0 Å². The number of halogens is 1. The summed E-state index contributed by atoms with van der Waals surface area (Å²) in [6, 6.07) is 16.7. The molecular weight excluding hydrogens is 380 g/mol. The van der Waals surface area contributed by atoms with Crippen LogP contribution < -0.4 is 5.32 Å². The summed E-state index contributed by atoms with van der Waals surface area (Å²) in [6.07, 6.45) is 2.23. The Labute approximate surface area is 168 Å². The largest absolute Gasteiger partial charge is 0.345 e. The number of benzene rings is 2. The van der Waals surface area contributed by atoms with Gasteiger partial charge in [-0.1, -0.05) is 61.0 Å². The van der Waals surface area contributed by atoms with Gasteiger partial charge in [-0.3, -0.25) is 9.36 Å². The molecule has 0 aliphatic heterocycles. The van der Waals surface area contributed by atoms with Crippen molar-refractivity contribution in [2.75, 3.05) is 5.75 Å². The van der Waals surface area contributed by atoms with Gasteiger partial charge in [0.15, 0.2) is 11.0 Å². The zero-order valence-corrected chi connectivity index (χ0v) is 16.6. The SMILES string of the molecule is CCCCSc1nnc(CNC(=O)c2ccccc2)n1-c1cccc(Cl)c1. The average Bonchev–Trinajstić information content (AvgIpc) is 3.10. The second-order valence-electron chi connectivity index (χ2n) is 5.96. The molecule has 1 amide bonds. The van der Waals surface area contributed by atoms with Crippen LogP contribution >= 0.6 is 23.4 Å². The van der Waals surface area contributed by atoms with Gasteiger partial charge in [0, 0.05) is 16.3 Å². The van der Waals surface area contributed by atoms with E-state index >= 15 is 0 Å². The summed E-state index contributed by atoms with van der Waals surface area (Å²) in [6.45, 7) is 2.44. The third-order valence-electron chi connectivity index (χ3n) is 3.94. The van der Waals surface area contributed by atoms with E-state index in [1.54, 1.807) is 23.9 Å². The highest BCUT2D eigenvalue weighted by molar-refractivity contribution is 7.99. The maximum Gasteiger partial charge on any atom is 0.251 e. The molecule has 0 atom stereocenters. The molecule has 0 aliphatic carbocycles. The number of carbonyl (C=O) groups excluding carboxylic acids is 1. The van der Waals surface area contributed by atoms with Gasteiger partial charge in [0.05, 0.1) is 12.2 Å². The molecular formula is C20H21ClN4OS. The lowest BCUT2D eigenvalue weighted by molar-refractivity contribution is 0.0949. The molecule has 3 aromatic rings. The second kappa shape index (κ2) is 9.58. The van der Waals surface area contributed by atoms with E-state index in [1.165, 1.54) is 0 Å². The second-order valence-corrected chi connectivity index (χ2v) is 7.46. The smallest absolute Gasteiger partial charge is 0.251 e. The first-order valence-electron chi connectivity index (χ1n) is 8.85. The van der Waals surface area contributed by atoms with E-state index in [0.717, 1.165) is 29.4 Å². The van der Waals surface area contributed by atoms with Gasteiger partial charge in [0.2, 0.25) is 0 Å². The Balaban J connectivity index is 1.82. The highest BCUT2D eigenvalue weighted by atomic mass is 35.5. The molecule has 27 heavy (non-hydrogen) atoms. The van der Waals surface area contributed by atoms with Gasteiger partial charge >= 0.3 is 0 Å². The molecule has 0 saturated carbocycles. The molecule has 140 valence electrons. The monoisotopic (exact) mass is 400 g/mol. The number of thioether (sulfide) groups is 1. The number of amides is 1. The van der Waals surface area contributed by atoms with Crippen molar-refractivity contribution >= 4 is 29.3 Å². The number of carbonyl (C=O) groups is 1.